The van der Waals surface area contributed by atoms with Gasteiger partial charge in [-0.1, -0.05) is 23.7 Å². The Morgan fingerprint density at radius 3 is 2.75 bits per heavy atom. The lowest BCUT2D eigenvalue weighted by Gasteiger charge is -2.14. The minimum atomic E-state index is -0.254. The molecule has 1 atom stereocenters. The summed E-state index contributed by atoms with van der Waals surface area (Å²) in [5.74, 6) is 0.785. The van der Waals surface area contributed by atoms with Crippen LogP contribution in [0.4, 0.5) is 0 Å². The van der Waals surface area contributed by atoms with Crippen molar-refractivity contribution >= 4 is 28.5 Å². The first-order valence-corrected chi connectivity index (χ1v) is 8.01. The van der Waals surface area contributed by atoms with Gasteiger partial charge in [0.25, 0.3) is 5.91 Å². The summed E-state index contributed by atoms with van der Waals surface area (Å²) < 4.78 is 11.0. The zero-order chi connectivity index (χ0) is 17.3. The van der Waals surface area contributed by atoms with Crippen molar-refractivity contribution in [1.29, 1.82) is 0 Å². The molecule has 0 radical (unpaired) electrons. The molecule has 0 bridgehead atoms. The molecule has 1 aromatic heterocycles. The number of nitrogens with one attached hydrogen (secondary N) is 1. The molecule has 1 N–H and O–H groups in total. The fraction of sp³-hybridized carbons (Fsp3) is 0.211. The number of aryl methyl sites for hydroxylation is 1. The number of methoxy groups -OCH3 is 1. The molecule has 0 aliphatic rings. The van der Waals surface area contributed by atoms with Crippen LogP contribution in [0.2, 0.25) is 5.02 Å². The molecule has 4 nitrogen and oxygen atoms in total. The molecule has 0 unspecified atom stereocenters. The van der Waals surface area contributed by atoms with Gasteiger partial charge in [-0.3, -0.25) is 4.79 Å². The smallest absolute Gasteiger partial charge is 0.287 e. The van der Waals surface area contributed by atoms with Crippen LogP contribution in [-0.2, 0) is 0 Å². The summed E-state index contributed by atoms with van der Waals surface area (Å²) in [5, 5.41) is 4.46. The molecule has 124 valence electrons. The van der Waals surface area contributed by atoms with Crippen LogP contribution in [0.15, 0.2) is 46.9 Å². The highest BCUT2D eigenvalue weighted by Crippen LogP contribution is 2.29. The molecule has 1 heterocycles. The van der Waals surface area contributed by atoms with Gasteiger partial charge in [-0.05, 0) is 49.7 Å². The number of hydrogen-bond acceptors (Lipinski definition) is 3. The van der Waals surface area contributed by atoms with E-state index in [9.17, 15) is 4.79 Å². The van der Waals surface area contributed by atoms with E-state index in [0.717, 1.165) is 22.3 Å². The van der Waals surface area contributed by atoms with E-state index in [1.165, 1.54) is 0 Å². The minimum absolute atomic E-state index is 0.182. The van der Waals surface area contributed by atoms with Crippen molar-refractivity contribution in [2.75, 3.05) is 7.11 Å². The molecular formula is C19H18ClNO3. The number of ether oxygens (including phenoxy) is 1. The molecule has 24 heavy (non-hydrogen) atoms. The first-order valence-electron chi connectivity index (χ1n) is 7.63. The van der Waals surface area contributed by atoms with Crippen LogP contribution in [0.1, 0.15) is 34.6 Å². The van der Waals surface area contributed by atoms with E-state index in [1.54, 1.807) is 19.2 Å². The Kier molecular flexibility index (Phi) is 4.49. The standard InChI is InChI=1S/C19H18ClNO3/c1-11-16-10-15(23-3)7-8-17(16)24-18(11)19(22)21-12(2)13-5-4-6-14(20)9-13/h4-10,12H,1-3H3,(H,21,22)/t12-/m0/s1. The van der Waals surface area contributed by atoms with E-state index in [1.807, 2.05) is 44.2 Å². The van der Waals surface area contributed by atoms with Crippen molar-refractivity contribution in [3.8, 4) is 5.75 Å². The summed E-state index contributed by atoms with van der Waals surface area (Å²) in [7, 11) is 1.61. The Labute approximate surface area is 145 Å². The number of halogens is 1. The van der Waals surface area contributed by atoms with E-state index in [2.05, 4.69) is 5.32 Å². The first kappa shape index (κ1) is 16.4. The van der Waals surface area contributed by atoms with E-state index < -0.39 is 0 Å². The lowest BCUT2D eigenvalue weighted by atomic mass is 10.1. The topological polar surface area (TPSA) is 51.5 Å². The van der Waals surface area contributed by atoms with Crippen LogP contribution in [0.25, 0.3) is 11.0 Å². The average Bonchev–Trinajstić information content (AvgIpc) is 2.91. The van der Waals surface area contributed by atoms with Crippen LogP contribution in [-0.4, -0.2) is 13.0 Å². The summed E-state index contributed by atoms with van der Waals surface area (Å²) in [4.78, 5) is 12.6. The van der Waals surface area contributed by atoms with E-state index in [-0.39, 0.29) is 11.9 Å². The van der Waals surface area contributed by atoms with Gasteiger partial charge >= 0.3 is 0 Å². The molecule has 0 saturated heterocycles. The van der Waals surface area contributed by atoms with Gasteiger partial charge < -0.3 is 14.5 Å². The second-order valence-corrected chi connectivity index (χ2v) is 6.10. The SMILES string of the molecule is COc1ccc2oc(C(=O)N[C@@H](C)c3cccc(Cl)c3)c(C)c2c1. The van der Waals surface area contributed by atoms with Crippen molar-refractivity contribution < 1.29 is 13.9 Å². The van der Waals surface area contributed by atoms with Crippen LogP contribution < -0.4 is 10.1 Å². The molecule has 1 amide bonds. The van der Waals surface area contributed by atoms with E-state index in [4.69, 9.17) is 20.8 Å². The maximum absolute atomic E-state index is 12.6. The first-order chi connectivity index (χ1) is 11.5. The van der Waals surface area contributed by atoms with Gasteiger partial charge in [0.15, 0.2) is 5.76 Å². The van der Waals surface area contributed by atoms with E-state index >= 15 is 0 Å². The highest BCUT2D eigenvalue weighted by atomic mass is 35.5. The predicted octanol–water partition coefficient (Wildman–Crippen LogP) is 4.89. The monoisotopic (exact) mass is 343 g/mol. The Hall–Kier alpha value is -2.46. The average molecular weight is 344 g/mol. The second-order valence-electron chi connectivity index (χ2n) is 5.67. The summed E-state index contributed by atoms with van der Waals surface area (Å²) in [5.41, 5.74) is 2.39. The number of carbonyl (C=O) groups is 1. The third kappa shape index (κ3) is 3.10. The van der Waals surface area contributed by atoms with Crippen LogP contribution in [0.3, 0.4) is 0 Å². The number of carbonyl (C=O) groups excluding carboxylic acids is 1. The van der Waals surface area contributed by atoms with Crippen LogP contribution in [0, 0.1) is 6.92 Å². The lowest BCUT2D eigenvalue weighted by molar-refractivity contribution is 0.0913. The number of furan rings is 1. The van der Waals surface area contributed by atoms with Crippen molar-refractivity contribution in [3.05, 3.63) is 64.4 Å². The van der Waals surface area contributed by atoms with Gasteiger partial charge in [0.1, 0.15) is 11.3 Å². The Bertz CT molecular complexity index is 901. The van der Waals surface area contributed by atoms with Gasteiger partial charge in [0.05, 0.1) is 13.2 Å². The van der Waals surface area contributed by atoms with Crippen LogP contribution >= 0.6 is 11.6 Å². The molecule has 0 saturated carbocycles. The maximum Gasteiger partial charge on any atom is 0.287 e. The molecule has 0 aliphatic carbocycles. The summed E-state index contributed by atoms with van der Waals surface area (Å²) in [6.07, 6.45) is 0. The van der Waals surface area contributed by atoms with Gasteiger partial charge in [0, 0.05) is 16.0 Å². The van der Waals surface area contributed by atoms with E-state index in [0.29, 0.717) is 16.4 Å². The largest absolute Gasteiger partial charge is 0.497 e. The molecular weight excluding hydrogens is 326 g/mol. The number of benzene rings is 2. The highest BCUT2D eigenvalue weighted by Gasteiger charge is 2.20. The molecule has 3 rings (SSSR count). The minimum Gasteiger partial charge on any atom is -0.497 e. The fourth-order valence-corrected chi connectivity index (χ4v) is 2.86. The molecule has 0 fully saturated rings. The Balaban J connectivity index is 1.87. The quantitative estimate of drug-likeness (QED) is 0.733. The second kappa shape index (κ2) is 6.57. The van der Waals surface area contributed by atoms with Crippen molar-refractivity contribution in [2.45, 2.75) is 19.9 Å². The van der Waals surface area contributed by atoms with Crippen molar-refractivity contribution in [3.63, 3.8) is 0 Å². The normalized spacial score (nSPS) is 12.2. The molecule has 5 heteroatoms. The molecule has 2 aromatic carbocycles. The third-order valence-corrected chi connectivity index (χ3v) is 4.28. The summed E-state index contributed by atoms with van der Waals surface area (Å²) in [6, 6.07) is 12.7. The number of fused-ring (bicyclic) bond motifs is 1. The summed E-state index contributed by atoms with van der Waals surface area (Å²) >= 11 is 6.01. The molecule has 0 spiro atoms. The maximum atomic E-state index is 12.6. The Morgan fingerprint density at radius 2 is 2.04 bits per heavy atom. The number of rotatable bonds is 4. The number of hydrogen-bond donors (Lipinski definition) is 1. The predicted molar refractivity (Wildman–Crippen MR) is 94.8 cm³/mol. The van der Waals surface area contributed by atoms with Gasteiger partial charge in [-0.2, -0.15) is 0 Å². The van der Waals surface area contributed by atoms with Crippen LogP contribution in [0.5, 0.6) is 5.75 Å². The number of amides is 1. The summed E-state index contributed by atoms with van der Waals surface area (Å²) in [6.45, 7) is 3.77. The molecule has 0 aliphatic heterocycles. The van der Waals surface area contributed by atoms with Crippen molar-refractivity contribution in [1.82, 2.24) is 5.32 Å². The Morgan fingerprint density at radius 1 is 1.25 bits per heavy atom. The van der Waals surface area contributed by atoms with Gasteiger partial charge in [-0.15, -0.1) is 0 Å². The third-order valence-electron chi connectivity index (χ3n) is 4.05. The zero-order valence-electron chi connectivity index (χ0n) is 13.7. The highest BCUT2D eigenvalue weighted by molar-refractivity contribution is 6.30. The van der Waals surface area contributed by atoms with Gasteiger partial charge in [0.2, 0.25) is 0 Å². The van der Waals surface area contributed by atoms with Crippen molar-refractivity contribution in [2.24, 2.45) is 0 Å². The molecule has 3 aromatic rings. The lowest BCUT2D eigenvalue weighted by Crippen LogP contribution is -2.26. The zero-order valence-corrected chi connectivity index (χ0v) is 14.5. The fourth-order valence-electron chi connectivity index (χ4n) is 2.67. The van der Waals surface area contributed by atoms with Gasteiger partial charge in [-0.25, -0.2) is 0 Å².